The van der Waals surface area contributed by atoms with E-state index >= 15 is 0 Å². The van der Waals surface area contributed by atoms with E-state index in [4.69, 9.17) is 0 Å². The van der Waals surface area contributed by atoms with Crippen molar-refractivity contribution in [2.45, 2.75) is 18.0 Å². The van der Waals surface area contributed by atoms with Gasteiger partial charge in [0.25, 0.3) is 10.0 Å². The van der Waals surface area contributed by atoms with Gasteiger partial charge in [-0.1, -0.05) is 0 Å². The van der Waals surface area contributed by atoms with E-state index in [1.54, 1.807) is 5.32 Å². The monoisotopic (exact) mass is 376 g/mol. The van der Waals surface area contributed by atoms with Gasteiger partial charge in [-0.3, -0.25) is 9.52 Å². The third kappa shape index (κ3) is 4.69. The summed E-state index contributed by atoms with van der Waals surface area (Å²) in [6.07, 6.45) is -5.03. The van der Waals surface area contributed by atoms with Crippen molar-refractivity contribution < 1.29 is 30.8 Å². The topological polar surface area (TPSA) is 75.3 Å². The molecule has 0 aliphatic rings. The lowest BCUT2D eigenvalue weighted by Gasteiger charge is -2.12. The lowest BCUT2D eigenvalue weighted by Crippen LogP contribution is -2.29. The van der Waals surface area contributed by atoms with Crippen molar-refractivity contribution in [2.24, 2.45) is 0 Å². The van der Waals surface area contributed by atoms with Crippen LogP contribution >= 0.6 is 0 Å². The Labute approximate surface area is 140 Å². The summed E-state index contributed by atoms with van der Waals surface area (Å²) in [7, 11) is -4.00. The minimum absolute atomic E-state index is 0.0636. The molecular formula is C15H12F4N2O3S. The lowest BCUT2D eigenvalue weighted by atomic mass is 10.2. The molecule has 0 saturated carbocycles. The lowest BCUT2D eigenvalue weighted by molar-refractivity contribution is -0.167. The third-order valence-corrected chi connectivity index (χ3v) is 4.62. The number of carbonyl (C=O) groups excluding carboxylic acids is 1. The van der Waals surface area contributed by atoms with Crippen LogP contribution in [-0.2, 0) is 14.8 Å². The third-order valence-electron chi connectivity index (χ3n) is 3.08. The first-order valence-electron chi connectivity index (χ1n) is 6.76. The molecule has 0 fully saturated rings. The van der Waals surface area contributed by atoms with E-state index in [0.717, 1.165) is 30.3 Å². The molecule has 0 aliphatic carbocycles. The molecule has 2 aromatic rings. The minimum Gasteiger partial charge on any atom is -0.318 e. The Morgan fingerprint density at radius 2 is 1.56 bits per heavy atom. The van der Waals surface area contributed by atoms with Crippen LogP contribution in [0.1, 0.15) is 5.56 Å². The zero-order chi connectivity index (χ0) is 18.8. The number of anilines is 2. The molecule has 25 heavy (non-hydrogen) atoms. The molecule has 0 bridgehead atoms. The minimum atomic E-state index is -5.03. The predicted octanol–water partition coefficient (Wildman–Crippen LogP) is 3.44. The zero-order valence-corrected chi connectivity index (χ0v) is 13.5. The molecule has 10 heteroatoms. The summed E-state index contributed by atoms with van der Waals surface area (Å²) in [5, 5.41) is 1.64. The molecule has 5 nitrogen and oxygen atoms in total. The standard InChI is InChI=1S/C15H12F4N2O3S/c1-9-8-10(16)2-7-13(9)25(23,24)21-12-5-3-11(4-6-12)20-14(22)15(17,18)19/h2-8,21H,1H3,(H,20,22). The molecule has 0 aliphatic heterocycles. The van der Waals surface area contributed by atoms with Crippen molar-refractivity contribution in [2.75, 3.05) is 10.0 Å². The Balaban J connectivity index is 2.16. The number of halogens is 4. The molecule has 2 rings (SSSR count). The Kier molecular flexibility index (Phi) is 5.02. The van der Waals surface area contributed by atoms with Gasteiger partial charge in [0.15, 0.2) is 0 Å². The van der Waals surface area contributed by atoms with Crippen molar-refractivity contribution in [1.82, 2.24) is 0 Å². The SMILES string of the molecule is Cc1cc(F)ccc1S(=O)(=O)Nc1ccc(NC(=O)C(F)(F)F)cc1. The highest BCUT2D eigenvalue weighted by molar-refractivity contribution is 7.92. The fraction of sp³-hybridized carbons (Fsp3) is 0.133. The van der Waals surface area contributed by atoms with Crippen LogP contribution in [0.5, 0.6) is 0 Å². The number of benzene rings is 2. The highest BCUT2D eigenvalue weighted by atomic mass is 32.2. The summed E-state index contributed by atoms with van der Waals surface area (Å²) in [6, 6.07) is 7.75. The average molecular weight is 376 g/mol. The summed E-state index contributed by atoms with van der Waals surface area (Å²) in [5.74, 6) is -2.72. The number of carbonyl (C=O) groups is 1. The van der Waals surface area contributed by atoms with Crippen LogP contribution in [-0.4, -0.2) is 20.5 Å². The number of sulfonamides is 1. The first-order chi connectivity index (χ1) is 11.5. The number of nitrogens with one attached hydrogen (secondary N) is 2. The smallest absolute Gasteiger partial charge is 0.318 e. The van der Waals surface area contributed by atoms with Gasteiger partial charge in [0, 0.05) is 11.4 Å². The quantitative estimate of drug-likeness (QED) is 0.803. The summed E-state index contributed by atoms with van der Waals surface area (Å²) in [5.41, 5.74) is 0.110. The van der Waals surface area contributed by atoms with Crippen LogP contribution in [0.25, 0.3) is 0 Å². The number of hydrogen-bond acceptors (Lipinski definition) is 3. The molecule has 0 heterocycles. The molecule has 0 saturated heterocycles. The number of alkyl halides is 3. The summed E-state index contributed by atoms with van der Waals surface area (Å²) < 4.78 is 76.3. The molecule has 1 amide bonds. The number of aryl methyl sites for hydroxylation is 1. The van der Waals surface area contributed by atoms with Gasteiger partial charge in [-0.2, -0.15) is 13.2 Å². The molecule has 0 spiro atoms. The van der Waals surface area contributed by atoms with Crippen molar-refractivity contribution in [1.29, 1.82) is 0 Å². The highest BCUT2D eigenvalue weighted by Crippen LogP contribution is 2.22. The van der Waals surface area contributed by atoms with Crippen LogP contribution in [0.15, 0.2) is 47.4 Å². The molecule has 2 N–H and O–H groups in total. The fourth-order valence-electron chi connectivity index (χ4n) is 1.95. The van der Waals surface area contributed by atoms with Gasteiger partial charge in [0.1, 0.15) is 5.82 Å². The van der Waals surface area contributed by atoms with E-state index in [2.05, 4.69) is 4.72 Å². The van der Waals surface area contributed by atoms with Gasteiger partial charge >= 0.3 is 12.1 Å². The van der Waals surface area contributed by atoms with Gasteiger partial charge in [-0.15, -0.1) is 0 Å². The van der Waals surface area contributed by atoms with Crippen LogP contribution in [0.2, 0.25) is 0 Å². The summed E-state index contributed by atoms with van der Waals surface area (Å²) >= 11 is 0. The van der Waals surface area contributed by atoms with Gasteiger partial charge in [0.05, 0.1) is 4.90 Å². The Morgan fingerprint density at radius 1 is 1.00 bits per heavy atom. The maximum absolute atomic E-state index is 13.1. The second-order valence-corrected chi connectivity index (χ2v) is 6.70. The molecule has 2 aromatic carbocycles. The van der Waals surface area contributed by atoms with Crippen molar-refractivity contribution in [3.8, 4) is 0 Å². The zero-order valence-electron chi connectivity index (χ0n) is 12.7. The number of amides is 1. The van der Waals surface area contributed by atoms with Gasteiger partial charge in [0.2, 0.25) is 0 Å². The van der Waals surface area contributed by atoms with Crippen LogP contribution in [0, 0.1) is 12.7 Å². The van der Waals surface area contributed by atoms with Crippen molar-refractivity contribution >= 4 is 27.3 Å². The van der Waals surface area contributed by atoms with Crippen LogP contribution in [0.4, 0.5) is 28.9 Å². The summed E-state index contributed by atoms with van der Waals surface area (Å²) in [4.78, 5) is 10.7. The normalized spacial score (nSPS) is 11.9. The second-order valence-electron chi connectivity index (χ2n) is 5.04. The van der Waals surface area contributed by atoms with Gasteiger partial charge in [-0.05, 0) is 55.0 Å². The van der Waals surface area contributed by atoms with E-state index in [1.807, 2.05) is 0 Å². The summed E-state index contributed by atoms with van der Waals surface area (Å²) in [6.45, 7) is 1.42. The Hall–Kier alpha value is -2.62. The molecule has 134 valence electrons. The first-order valence-corrected chi connectivity index (χ1v) is 8.24. The molecule has 0 atom stereocenters. The van der Waals surface area contributed by atoms with Crippen molar-refractivity contribution in [3.05, 3.63) is 53.8 Å². The maximum Gasteiger partial charge on any atom is 0.471 e. The number of hydrogen-bond donors (Lipinski definition) is 2. The predicted molar refractivity (Wildman–Crippen MR) is 83.1 cm³/mol. The largest absolute Gasteiger partial charge is 0.471 e. The molecule has 0 radical (unpaired) electrons. The average Bonchev–Trinajstić information content (AvgIpc) is 2.47. The van der Waals surface area contributed by atoms with Gasteiger partial charge < -0.3 is 5.32 Å². The van der Waals surface area contributed by atoms with E-state index in [-0.39, 0.29) is 21.8 Å². The van der Waals surface area contributed by atoms with E-state index < -0.39 is 27.9 Å². The Morgan fingerprint density at radius 3 is 2.08 bits per heavy atom. The molecular weight excluding hydrogens is 364 g/mol. The van der Waals surface area contributed by atoms with Crippen molar-refractivity contribution in [3.63, 3.8) is 0 Å². The van der Waals surface area contributed by atoms with Crippen LogP contribution < -0.4 is 10.0 Å². The fourth-order valence-corrected chi connectivity index (χ4v) is 3.23. The highest BCUT2D eigenvalue weighted by Gasteiger charge is 2.38. The maximum atomic E-state index is 13.1. The van der Waals surface area contributed by atoms with E-state index in [9.17, 15) is 30.8 Å². The molecule has 0 aromatic heterocycles. The van der Waals surface area contributed by atoms with Crippen LogP contribution in [0.3, 0.4) is 0 Å². The van der Waals surface area contributed by atoms with Gasteiger partial charge in [-0.25, -0.2) is 12.8 Å². The number of rotatable bonds is 4. The van der Waals surface area contributed by atoms with E-state index in [0.29, 0.717) is 0 Å². The Bertz CT molecular complexity index is 894. The second kappa shape index (κ2) is 6.71. The van der Waals surface area contributed by atoms with E-state index in [1.165, 1.54) is 19.1 Å². The first kappa shape index (κ1) is 18.7. The molecule has 0 unspecified atom stereocenters.